The third-order valence-electron chi connectivity index (χ3n) is 3.21. The fraction of sp³-hybridized carbons (Fsp3) is 0.667. The van der Waals surface area contributed by atoms with Crippen molar-refractivity contribution in [1.29, 1.82) is 0 Å². The van der Waals surface area contributed by atoms with Gasteiger partial charge in [0.05, 0.1) is 7.11 Å². The van der Waals surface area contributed by atoms with E-state index in [-0.39, 0.29) is 12.6 Å². The number of thiazole rings is 1. The number of aryl methyl sites for hydroxylation is 1. The zero-order chi connectivity index (χ0) is 13.1. The van der Waals surface area contributed by atoms with Crippen molar-refractivity contribution in [3.8, 4) is 0 Å². The Morgan fingerprint density at radius 2 is 2.44 bits per heavy atom. The van der Waals surface area contributed by atoms with E-state index in [9.17, 15) is 9.90 Å². The molecule has 1 unspecified atom stereocenters. The molecule has 100 valence electrons. The van der Waals surface area contributed by atoms with E-state index in [2.05, 4.69) is 9.88 Å². The number of esters is 1. The Morgan fingerprint density at radius 3 is 3.11 bits per heavy atom. The van der Waals surface area contributed by atoms with E-state index < -0.39 is 0 Å². The summed E-state index contributed by atoms with van der Waals surface area (Å²) in [5.41, 5.74) is 0.406. The number of hydrogen-bond donors (Lipinski definition) is 1. The van der Waals surface area contributed by atoms with Crippen LogP contribution in [-0.2, 0) is 4.74 Å². The van der Waals surface area contributed by atoms with Gasteiger partial charge in [-0.05, 0) is 25.7 Å². The van der Waals surface area contributed by atoms with Crippen molar-refractivity contribution in [1.82, 2.24) is 4.98 Å². The molecule has 2 rings (SSSR count). The summed E-state index contributed by atoms with van der Waals surface area (Å²) < 4.78 is 4.71. The molecule has 1 aromatic rings. The summed E-state index contributed by atoms with van der Waals surface area (Å²) in [6.07, 6.45) is 2.11. The normalized spacial score (nSPS) is 19.9. The quantitative estimate of drug-likeness (QED) is 0.842. The van der Waals surface area contributed by atoms with Crippen LogP contribution in [0.15, 0.2) is 0 Å². The van der Waals surface area contributed by atoms with Gasteiger partial charge in [-0.1, -0.05) is 0 Å². The third-order valence-corrected chi connectivity index (χ3v) is 4.24. The highest BCUT2D eigenvalue weighted by atomic mass is 32.1. The van der Waals surface area contributed by atoms with Gasteiger partial charge in [0.15, 0.2) is 10.8 Å². The SMILES string of the molecule is COC(=O)c1nc(N2CCCC(CO)C2)sc1C. The van der Waals surface area contributed by atoms with Crippen molar-refractivity contribution < 1.29 is 14.6 Å². The third kappa shape index (κ3) is 2.64. The molecular weight excluding hydrogens is 252 g/mol. The minimum Gasteiger partial charge on any atom is -0.464 e. The van der Waals surface area contributed by atoms with Gasteiger partial charge in [-0.2, -0.15) is 0 Å². The van der Waals surface area contributed by atoms with Crippen molar-refractivity contribution in [2.45, 2.75) is 19.8 Å². The molecule has 0 bridgehead atoms. The first kappa shape index (κ1) is 13.3. The Kier molecular flexibility index (Phi) is 4.19. The van der Waals surface area contributed by atoms with Crippen LogP contribution in [0.5, 0.6) is 0 Å². The first-order chi connectivity index (χ1) is 8.65. The summed E-state index contributed by atoms with van der Waals surface area (Å²) >= 11 is 1.51. The first-order valence-electron chi connectivity index (χ1n) is 6.07. The average Bonchev–Trinajstić information content (AvgIpc) is 2.80. The summed E-state index contributed by atoms with van der Waals surface area (Å²) in [5, 5.41) is 10.1. The van der Waals surface area contributed by atoms with Crippen molar-refractivity contribution in [2.24, 2.45) is 5.92 Å². The fourth-order valence-electron chi connectivity index (χ4n) is 2.19. The van der Waals surface area contributed by atoms with Crippen LogP contribution in [0.25, 0.3) is 0 Å². The van der Waals surface area contributed by atoms with Crippen LogP contribution in [0, 0.1) is 12.8 Å². The van der Waals surface area contributed by atoms with Gasteiger partial charge < -0.3 is 14.7 Å². The molecule has 1 aliphatic heterocycles. The van der Waals surface area contributed by atoms with E-state index in [4.69, 9.17) is 4.74 Å². The molecule has 1 fully saturated rings. The van der Waals surface area contributed by atoms with Gasteiger partial charge in [0.2, 0.25) is 0 Å². The number of piperidine rings is 1. The largest absolute Gasteiger partial charge is 0.464 e. The van der Waals surface area contributed by atoms with Gasteiger partial charge in [-0.3, -0.25) is 0 Å². The average molecular weight is 270 g/mol. The molecule has 0 spiro atoms. The van der Waals surface area contributed by atoms with Crippen molar-refractivity contribution in [3.63, 3.8) is 0 Å². The summed E-state index contributed by atoms with van der Waals surface area (Å²) in [4.78, 5) is 18.9. The van der Waals surface area contributed by atoms with E-state index in [0.29, 0.717) is 11.6 Å². The zero-order valence-corrected chi connectivity index (χ0v) is 11.5. The molecule has 1 N–H and O–H groups in total. The highest BCUT2D eigenvalue weighted by Crippen LogP contribution is 2.29. The van der Waals surface area contributed by atoms with E-state index in [1.807, 2.05) is 6.92 Å². The van der Waals surface area contributed by atoms with Crippen LogP contribution in [0.1, 0.15) is 28.2 Å². The molecule has 18 heavy (non-hydrogen) atoms. The van der Waals surface area contributed by atoms with E-state index >= 15 is 0 Å². The van der Waals surface area contributed by atoms with Crippen LogP contribution in [0.3, 0.4) is 0 Å². The number of carbonyl (C=O) groups excluding carboxylic acids is 1. The molecule has 1 saturated heterocycles. The van der Waals surface area contributed by atoms with Crippen LogP contribution in [0.4, 0.5) is 5.13 Å². The summed E-state index contributed by atoms with van der Waals surface area (Å²) in [6.45, 7) is 3.83. The minimum absolute atomic E-state index is 0.213. The lowest BCUT2D eigenvalue weighted by atomic mass is 10.00. The second-order valence-corrected chi connectivity index (χ2v) is 5.71. The van der Waals surface area contributed by atoms with Gasteiger partial charge in [0.25, 0.3) is 0 Å². The first-order valence-corrected chi connectivity index (χ1v) is 6.89. The number of aromatic nitrogens is 1. The fourth-order valence-corrected chi connectivity index (χ4v) is 3.12. The molecular formula is C12H18N2O3S. The van der Waals surface area contributed by atoms with Gasteiger partial charge in [0, 0.05) is 24.6 Å². The number of anilines is 1. The van der Waals surface area contributed by atoms with Crippen molar-refractivity contribution in [2.75, 3.05) is 31.7 Å². The number of aliphatic hydroxyl groups excluding tert-OH is 1. The summed E-state index contributed by atoms with van der Waals surface area (Å²) in [6, 6.07) is 0. The predicted molar refractivity (Wildman–Crippen MR) is 70.2 cm³/mol. The van der Waals surface area contributed by atoms with Crippen LogP contribution in [-0.4, -0.2) is 42.9 Å². The lowest BCUT2D eigenvalue weighted by molar-refractivity contribution is 0.0594. The maximum absolute atomic E-state index is 11.5. The topological polar surface area (TPSA) is 62.7 Å². The number of aliphatic hydroxyl groups is 1. The molecule has 1 aliphatic rings. The Hall–Kier alpha value is -1.14. The van der Waals surface area contributed by atoms with Gasteiger partial charge in [0.1, 0.15) is 0 Å². The summed E-state index contributed by atoms with van der Waals surface area (Å²) in [7, 11) is 1.36. The van der Waals surface area contributed by atoms with Gasteiger partial charge in [-0.15, -0.1) is 11.3 Å². The summed E-state index contributed by atoms with van der Waals surface area (Å²) in [5.74, 6) is -0.0738. The Bertz CT molecular complexity index is 433. The molecule has 5 nitrogen and oxygen atoms in total. The zero-order valence-electron chi connectivity index (χ0n) is 10.7. The molecule has 0 aromatic carbocycles. The molecule has 0 saturated carbocycles. The maximum Gasteiger partial charge on any atom is 0.357 e. The number of ether oxygens (including phenoxy) is 1. The standard InChI is InChI=1S/C12H18N2O3S/c1-8-10(11(16)17-2)13-12(18-8)14-5-3-4-9(6-14)7-15/h9,15H,3-7H2,1-2H3. The highest BCUT2D eigenvalue weighted by molar-refractivity contribution is 7.15. The van der Waals surface area contributed by atoms with Crippen LogP contribution >= 0.6 is 11.3 Å². The number of hydrogen-bond acceptors (Lipinski definition) is 6. The second-order valence-electron chi connectivity index (χ2n) is 4.53. The van der Waals surface area contributed by atoms with E-state index in [1.54, 1.807) is 0 Å². The molecule has 0 radical (unpaired) electrons. The van der Waals surface area contributed by atoms with Gasteiger partial charge >= 0.3 is 5.97 Å². The van der Waals surface area contributed by atoms with Crippen molar-refractivity contribution >= 4 is 22.4 Å². The number of methoxy groups -OCH3 is 1. The molecule has 1 aromatic heterocycles. The highest BCUT2D eigenvalue weighted by Gasteiger charge is 2.24. The predicted octanol–water partition coefficient (Wildman–Crippen LogP) is 1.45. The lowest BCUT2D eigenvalue weighted by Crippen LogP contribution is -2.36. The number of nitrogens with zero attached hydrogens (tertiary/aromatic N) is 2. The molecule has 1 atom stereocenters. The smallest absolute Gasteiger partial charge is 0.357 e. The monoisotopic (exact) mass is 270 g/mol. The Morgan fingerprint density at radius 1 is 1.67 bits per heavy atom. The minimum atomic E-state index is -0.384. The molecule has 0 amide bonds. The van der Waals surface area contributed by atoms with Crippen LogP contribution < -0.4 is 4.90 Å². The van der Waals surface area contributed by atoms with E-state index in [1.165, 1.54) is 18.4 Å². The van der Waals surface area contributed by atoms with Crippen molar-refractivity contribution in [3.05, 3.63) is 10.6 Å². The number of rotatable bonds is 3. The molecule has 2 heterocycles. The molecule has 0 aliphatic carbocycles. The molecule has 6 heteroatoms. The second kappa shape index (κ2) is 5.67. The maximum atomic E-state index is 11.5. The van der Waals surface area contributed by atoms with Gasteiger partial charge in [-0.25, -0.2) is 9.78 Å². The lowest BCUT2D eigenvalue weighted by Gasteiger charge is -2.31. The Labute approximate surface area is 110 Å². The Balaban J connectivity index is 2.16. The number of carbonyl (C=O) groups is 1. The van der Waals surface area contributed by atoms with E-state index in [0.717, 1.165) is 35.9 Å². The van der Waals surface area contributed by atoms with Crippen LogP contribution in [0.2, 0.25) is 0 Å².